The molecular formula is C15H24O3S. The van der Waals surface area contributed by atoms with Gasteiger partial charge in [0.2, 0.25) is 0 Å². The lowest BCUT2D eigenvalue weighted by Crippen LogP contribution is -2.39. The monoisotopic (exact) mass is 284 g/mol. The molecule has 1 aliphatic rings. The van der Waals surface area contributed by atoms with Crippen LogP contribution in [-0.2, 0) is 14.4 Å². The number of ketones is 3. The molecular weight excluding hydrogens is 260 g/mol. The van der Waals surface area contributed by atoms with Crippen molar-refractivity contribution in [1.82, 2.24) is 0 Å². The molecule has 1 saturated carbocycles. The Morgan fingerprint density at radius 3 is 2.32 bits per heavy atom. The van der Waals surface area contributed by atoms with Crippen LogP contribution in [0, 0.1) is 11.8 Å². The Labute approximate surface area is 119 Å². The standard InChI is InChI=1S/C15H24O3S/c1-4-6-12(16)15-13(17)8-11(9-14(15)18)7-10(3)19-5-2/h10-11,15H,4-9H2,1-3H3/t10-,11?,15?/m0/s1. The summed E-state index contributed by atoms with van der Waals surface area (Å²) >= 11 is 1.85. The van der Waals surface area contributed by atoms with E-state index >= 15 is 0 Å². The van der Waals surface area contributed by atoms with Crippen LogP contribution in [0.1, 0.15) is 52.9 Å². The molecule has 108 valence electrons. The second-order valence-electron chi connectivity index (χ2n) is 5.36. The SMILES string of the molecule is CCCC(=O)C1C(=O)CC(C[C@H](C)SCC)CC1=O. The lowest BCUT2D eigenvalue weighted by atomic mass is 9.76. The first kappa shape index (κ1) is 16.4. The highest BCUT2D eigenvalue weighted by Gasteiger charge is 2.39. The molecule has 0 unspecified atom stereocenters. The maximum atomic E-state index is 12.0. The quantitative estimate of drug-likeness (QED) is 0.674. The third-order valence-corrected chi connectivity index (χ3v) is 4.65. The highest BCUT2D eigenvalue weighted by Crippen LogP contribution is 2.30. The Balaban J connectivity index is 2.58. The van der Waals surface area contributed by atoms with Crippen LogP contribution in [0.5, 0.6) is 0 Å². The molecule has 0 aromatic carbocycles. The molecule has 0 heterocycles. The number of hydrogen-bond donors (Lipinski definition) is 0. The van der Waals surface area contributed by atoms with E-state index < -0.39 is 5.92 Å². The Bertz CT molecular complexity index is 333. The van der Waals surface area contributed by atoms with Crippen LogP contribution in [-0.4, -0.2) is 28.4 Å². The summed E-state index contributed by atoms with van der Waals surface area (Å²) in [4.78, 5) is 35.8. The molecule has 1 rings (SSSR count). The highest BCUT2D eigenvalue weighted by molar-refractivity contribution is 7.99. The average Bonchev–Trinajstić information content (AvgIpc) is 2.28. The predicted molar refractivity (Wildman–Crippen MR) is 78.4 cm³/mol. The molecule has 3 nitrogen and oxygen atoms in total. The summed E-state index contributed by atoms with van der Waals surface area (Å²) in [5.74, 6) is -0.216. The van der Waals surface area contributed by atoms with Crippen LogP contribution >= 0.6 is 11.8 Å². The molecule has 0 N–H and O–H groups in total. The Morgan fingerprint density at radius 2 is 1.84 bits per heavy atom. The number of carbonyl (C=O) groups is 3. The minimum Gasteiger partial charge on any atom is -0.298 e. The zero-order valence-electron chi connectivity index (χ0n) is 12.1. The minimum atomic E-state index is -0.940. The molecule has 1 fully saturated rings. The van der Waals surface area contributed by atoms with Crippen molar-refractivity contribution in [1.29, 1.82) is 0 Å². The summed E-state index contributed by atoms with van der Waals surface area (Å²) in [6.45, 7) is 6.14. The summed E-state index contributed by atoms with van der Waals surface area (Å²) in [5.41, 5.74) is 0. The predicted octanol–water partition coefficient (Wildman–Crippen LogP) is 3.05. The number of rotatable bonds is 7. The van der Waals surface area contributed by atoms with Crippen molar-refractivity contribution < 1.29 is 14.4 Å². The maximum Gasteiger partial charge on any atom is 0.151 e. The van der Waals surface area contributed by atoms with Crippen LogP contribution in [0.2, 0.25) is 0 Å². The maximum absolute atomic E-state index is 12.0. The van der Waals surface area contributed by atoms with E-state index in [0.717, 1.165) is 12.2 Å². The zero-order valence-corrected chi connectivity index (χ0v) is 12.9. The molecule has 1 atom stereocenters. The summed E-state index contributed by atoms with van der Waals surface area (Å²) in [6, 6.07) is 0. The first-order chi connectivity index (χ1) is 8.99. The minimum absolute atomic E-state index is 0.139. The van der Waals surface area contributed by atoms with Gasteiger partial charge in [-0.25, -0.2) is 0 Å². The van der Waals surface area contributed by atoms with Crippen molar-refractivity contribution in [2.45, 2.75) is 58.1 Å². The van der Waals surface area contributed by atoms with Crippen molar-refractivity contribution in [3.63, 3.8) is 0 Å². The summed E-state index contributed by atoms with van der Waals surface area (Å²) in [6.07, 6.45) is 2.74. The topological polar surface area (TPSA) is 51.2 Å². The molecule has 0 saturated heterocycles. The van der Waals surface area contributed by atoms with Crippen molar-refractivity contribution in [2.24, 2.45) is 11.8 Å². The molecule has 4 heteroatoms. The fourth-order valence-electron chi connectivity index (χ4n) is 2.79. The van der Waals surface area contributed by atoms with E-state index in [0.29, 0.717) is 30.9 Å². The van der Waals surface area contributed by atoms with Gasteiger partial charge >= 0.3 is 0 Å². The van der Waals surface area contributed by atoms with Gasteiger partial charge in [0.05, 0.1) is 0 Å². The van der Waals surface area contributed by atoms with Gasteiger partial charge < -0.3 is 0 Å². The van der Waals surface area contributed by atoms with Crippen LogP contribution in [0.25, 0.3) is 0 Å². The summed E-state index contributed by atoms with van der Waals surface area (Å²) in [7, 11) is 0. The highest BCUT2D eigenvalue weighted by atomic mass is 32.2. The molecule has 19 heavy (non-hydrogen) atoms. The van der Waals surface area contributed by atoms with E-state index in [2.05, 4.69) is 13.8 Å². The van der Waals surface area contributed by atoms with E-state index in [1.807, 2.05) is 18.7 Å². The second-order valence-corrected chi connectivity index (χ2v) is 7.07. The molecule has 0 bridgehead atoms. The molecule has 0 amide bonds. The average molecular weight is 284 g/mol. The summed E-state index contributed by atoms with van der Waals surface area (Å²) in [5, 5.41) is 0.471. The van der Waals surface area contributed by atoms with Gasteiger partial charge in [0.15, 0.2) is 17.3 Å². The third kappa shape index (κ3) is 4.75. The van der Waals surface area contributed by atoms with E-state index in [-0.39, 0.29) is 23.3 Å². The van der Waals surface area contributed by atoms with E-state index in [4.69, 9.17) is 0 Å². The van der Waals surface area contributed by atoms with Crippen molar-refractivity contribution >= 4 is 29.1 Å². The zero-order chi connectivity index (χ0) is 14.4. The Morgan fingerprint density at radius 1 is 1.26 bits per heavy atom. The smallest absolute Gasteiger partial charge is 0.151 e. The van der Waals surface area contributed by atoms with E-state index in [1.165, 1.54) is 0 Å². The number of Topliss-reactive ketones (excluding diaryl/α,β-unsaturated/α-hetero) is 3. The Kier molecular flexibility index (Phi) is 6.76. The van der Waals surface area contributed by atoms with E-state index in [9.17, 15) is 14.4 Å². The van der Waals surface area contributed by atoms with Gasteiger partial charge in [-0.15, -0.1) is 0 Å². The molecule has 0 aromatic heterocycles. The van der Waals surface area contributed by atoms with Crippen LogP contribution < -0.4 is 0 Å². The van der Waals surface area contributed by atoms with Gasteiger partial charge in [-0.1, -0.05) is 20.8 Å². The van der Waals surface area contributed by atoms with Crippen LogP contribution in [0.15, 0.2) is 0 Å². The number of carbonyl (C=O) groups excluding carboxylic acids is 3. The van der Waals surface area contributed by atoms with Crippen molar-refractivity contribution in [3.8, 4) is 0 Å². The molecule has 0 spiro atoms. The Hall–Kier alpha value is -0.640. The van der Waals surface area contributed by atoms with Crippen molar-refractivity contribution in [2.75, 3.05) is 5.75 Å². The van der Waals surface area contributed by atoms with Gasteiger partial charge in [-0.05, 0) is 24.5 Å². The fourth-order valence-corrected chi connectivity index (χ4v) is 3.77. The fraction of sp³-hybridized carbons (Fsp3) is 0.800. The largest absolute Gasteiger partial charge is 0.298 e. The molecule has 0 aliphatic heterocycles. The van der Waals surface area contributed by atoms with Gasteiger partial charge in [0, 0.05) is 24.5 Å². The first-order valence-electron chi connectivity index (χ1n) is 7.19. The molecule has 1 aliphatic carbocycles. The van der Waals surface area contributed by atoms with Crippen molar-refractivity contribution in [3.05, 3.63) is 0 Å². The lowest BCUT2D eigenvalue weighted by molar-refractivity contribution is -0.143. The number of hydrogen-bond acceptors (Lipinski definition) is 4. The second kappa shape index (κ2) is 7.83. The van der Waals surface area contributed by atoms with Crippen LogP contribution in [0.4, 0.5) is 0 Å². The van der Waals surface area contributed by atoms with Gasteiger partial charge in [-0.3, -0.25) is 14.4 Å². The van der Waals surface area contributed by atoms with E-state index in [1.54, 1.807) is 0 Å². The van der Waals surface area contributed by atoms with Gasteiger partial charge in [-0.2, -0.15) is 11.8 Å². The number of thioether (sulfide) groups is 1. The van der Waals surface area contributed by atoms with Gasteiger partial charge in [0.25, 0.3) is 0 Å². The third-order valence-electron chi connectivity index (χ3n) is 3.56. The first-order valence-corrected chi connectivity index (χ1v) is 8.24. The molecule has 0 radical (unpaired) electrons. The molecule has 0 aromatic rings. The van der Waals surface area contributed by atoms with Crippen LogP contribution in [0.3, 0.4) is 0 Å². The normalized spacial score (nSPS) is 25.4. The summed E-state index contributed by atoms with van der Waals surface area (Å²) < 4.78 is 0. The van der Waals surface area contributed by atoms with Gasteiger partial charge in [0.1, 0.15) is 5.92 Å². The lowest BCUT2D eigenvalue weighted by Gasteiger charge is -2.27.